The number of piperidine rings is 2. The van der Waals surface area contributed by atoms with E-state index in [-0.39, 0.29) is 30.1 Å². The minimum Gasteiger partial charge on any atom is -0.457 e. The molecule has 2 fully saturated rings. The van der Waals surface area contributed by atoms with Crippen LogP contribution in [-0.2, 0) is 10.3 Å². The third kappa shape index (κ3) is 13.0. The van der Waals surface area contributed by atoms with Crippen LogP contribution in [-0.4, -0.2) is 106 Å². The molecule has 2 heterocycles. The molecule has 0 bridgehead atoms. The molecule has 0 radical (unpaired) electrons. The van der Waals surface area contributed by atoms with Gasteiger partial charge in [-0.15, -0.1) is 0 Å². The highest BCUT2D eigenvalue weighted by Gasteiger charge is 2.43. The summed E-state index contributed by atoms with van der Waals surface area (Å²) in [5.74, 6) is 0.308. The monoisotopic (exact) mass is 700 g/mol. The fourth-order valence-electron chi connectivity index (χ4n) is 6.71. The van der Waals surface area contributed by atoms with Crippen molar-refractivity contribution in [2.45, 2.75) is 82.9 Å². The Bertz CT molecular complexity index is 1280. The molecule has 0 saturated carbocycles. The molecule has 2 aromatic carbocycles. The van der Waals surface area contributed by atoms with Gasteiger partial charge in [-0.05, 0) is 110 Å². The lowest BCUT2D eigenvalue weighted by molar-refractivity contribution is -0.0576. The molecule has 2 aromatic rings. The van der Waals surface area contributed by atoms with Crippen LogP contribution in [0.4, 0.5) is 14.0 Å². The number of halogens is 1. The summed E-state index contributed by atoms with van der Waals surface area (Å²) < 4.78 is 25.9. The second-order valence-corrected chi connectivity index (χ2v) is 13.6. The number of carbonyl (C=O) groups excluding carboxylic acids is 2. The maximum atomic E-state index is 14.6. The molecule has 2 aliphatic rings. The summed E-state index contributed by atoms with van der Waals surface area (Å²) in [6, 6.07) is 13.7. The first-order chi connectivity index (χ1) is 24.1. The number of aliphatic hydroxyl groups is 1. The number of likely N-dealkylation sites (tertiary alicyclic amines) is 2. The van der Waals surface area contributed by atoms with Gasteiger partial charge >= 0.3 is 12.1 Å². The van der Waals surface area contributed by atoms with Crippen molar-refractivity contribution in [2.75, 3.05) is 67.1 Å². The van der Waals surface area contributed by atoms with Crippen LogP contribution >= 0.6 is 0 Å². The van der Waals surface area contributed by atoms with Crippen LogP contribution in [0.1, 0.15) is 70.8 Å². The Morgan fingerprint density at radius 2 is 1.52 bits per heavy atom. The summed E-state index contributed by atoms with van der Waals surface area (Å²) in [6.07, 6.45) is 6.88. The number of amides is 4. The van der Waals surface area contributed by atoms with E-state index in [2.05, 4.69) is 21.3 Å². The minimum atomic E-state index is -1.38. The number of unbranched alkanes of at least 4 members (excludes halogenated alkanes) is 1. The first-order valence-electron chi connectivity index (χ1n) is 18.3. The van der Waals surface area contributed by atoms with E-state index in [0.29, 0.717) is 56.1 Å². The van der Waals surface area contributed by atoms with E-state index in [1.54, 1.807) is 18.1 Å². The molecule has 4 rings (SSSR count). The number of nitrogens with zero attached hydrogens (tertiary/aromatic N) is 2. The molecule has 11 nitrogen and oxygen atoms in total. The molecule has 4 atom stereocenters. The lowest BCUT2D eigenvalue weighted by atomic mass is 9.73. The van der Waals surface area contributed by atoms with Crippen molar-refractivity contribution in [1.29, 1.82) is 0 Å². The molecule has 4 amide bonds. The Balaban J connectivity index is 0.000000403. The Labute approximate surface area is 298 Å². The standard InChI is InChI=1S/C28H40FN3O4.C10H21N3O/c1-21(19-30-2)31-27(33)32-16-9-10-22(20-32)28(34,15-7-8-17-35-3)25-18-23(29)13-14-26(25)36-24-11-5-4-6-12-24;1-9(8-11-2)12-10(14)13-6-4-3-5-7-13/h4-6,11-14,18,21-22,30,34H,7-10,15-17,19-20H2,1-3H3,(H,31,33);9,11H,3-8H2,1-2H3,(H,12,14)/t21-,22+,28-;9-/m00/s1. The van der Waals surface area contributed by atoms with Gasteiger partial charge in [-0.1, -0.05) is 18.2 Å². The molecular weight excluding hydrogens is 639 g/mol. The lowest BCUT2D eigenvalue weighted by Gasteiger charge is -2.43. The summed E-state index contributed by atoms with van der Waals surface area (Å²) in [6.45, 7) is 8.84. The van der Waals surface area contributed by atoms with Gasteiger partial charge in [-0.3, -0.25) is 0 Å². The Hall–Kier alpha value is -3.45. The molecule has 0 spiro atoms. The Kier molecular flexibility index (Phi) is 17.8. The fraction of sp³-hybridized carbons (Fsp3) is 0.632. The molecule has 280 valence electrons. The first kappa shape index (κ1) is 41.0. The number of likely N-dealkylation sites (N-methyl/N-ethyl adjacent to an activating group) is 2. The lowest BCUT2D eigenvalue weighted by Crippen LogP contribution is -2.53. The highest BCUT2D eigenvalue weighted by molar-refractivity contribution is 5.75. The van der Waals surface area contributed by atoms with E-state index in [1.807, 2.05) is 63.2 Å². The molecule has 0 unspecified atom stereocenters. The Morgan fingerprint density at radius 3 is 2.14 bits per heavy atom. The number of urea groups is 2. The first-order valence-corrected chi connectivity index (χ1v) is 18.3. The molecule has 2 saturated heterocycles. The van der Waals surface area contributed by atoms with Gasteiger partial charge in [0.2, 0.25) is 0 Å². The minimum absolute atomic E-state index is 0.0232. The van der Waals surface area contributed by atoms with Crippen LogP contribution in [0.15, 0.2) is 48.5 Å². The molecule has 5 N–H and O–H groups in total. The van der Waals surface area contributed by atoms with Gasteiger partial charge in [0.1, 0.15) is 17.3 Å². The van der Waals surface area contributed by atoms with Gasteiger partial charge in [0.05, 0.1) is 5.60 Å². The second-order valence-electron chi connectivity index (χ2n) is 13.6. The average Bonchev–Trinajstić information content (AvgIpc) is 3.12. The zero-order valence-electron chi connectivity index (χ0n) is 30.8. The zero-order chi connectivity index (χ0) is 36.4. The van der Waals surface area contributed by atoms with E-state index in [4.69, 9.17) is 9.47 Å². The summed E-state index contributed by atoms with van der Waals surface area (Å²) >= 11 is 0. The van der Waals surface area contributed by atoms with E-state index in [0.717, 1.165) is 51.7 Å². The van der Waals surface area contributed by atoms with Crippen molar-refractivity contribution in [2.24, 2.45) is 5.92 Å². The summed E-state index contributed by atoms with van der Waals surface area (Å²) in [5.41, 5.74) is -0.963. The topological polar surface area (TPSA) is 127 Å². The van der Waals surface area contributed by atoms with Crippen LogP contribution in [0.5, 0.6) is 11.5 Å². The fourth-order valence-corrected chi connectivity index (χ4v) is 6.71. The third-order valence-corrected chi connectivity index (χ3v) is 9.32. The maximum absolute atomic E-state index is 14.6. The number of hydrogen-bond donors (Lipinski definition) is 5. The van der Waals surface area contributed by atoms with E-state index < -0.39 is 11.4 Å². The van der Waals surface area contributed by atoms with E-state index >= 15 is 0 Å². The molecule has 2 aliphatic heterocycles. The maximum Gasteiger partial charge on any atom is 0.317 e. The van der Waals surface area contributed by atoms with Crippen LogP contribution < -0.4 is 26.0 Å². The number of nitrogens with one attached hydrogen (secondary N) is 4. The number of hydrogen-bond acceptors (Lipinski definition) is 7. The van der Waals surface area contributed by atoms with Gasteiger partial charge in [0.15, 0.2) is 0 Å². The normalized spacial score (nSPS) is 18.6. The zero-order valence-corrected chi connectivity index (χ0v) is 30.8. The number of rotatable bonds is 15. The van der Waals surface area contributed by atoms with Crippen molar-refractivity contribution in [1.82, 2.24) is 31.1 Å². The van der Waals surface area contributed by atoms with Gasteiger partial charge < -0.3 is 45.6 Å². The summed E-state index contributed by atoms with van der Waals surface area (Å²) in [4.78, 5) is 28.3. The summed E-state index contributed by atoms with van der Waals surface area (Å²) in [5, 5.41) is 24.4. The summed E-state index contributed by atoms with van der Waals surface area (Å²) in [7, 11) is 5.39. The van der Waals surface area contributed by atoms with Crippen molar-refractivity contribution < 1.29 is 28.6 Å². The number of benzene rings is 2. The molecule has 0 aromatic heterocycles. The highest BCUT2D eigenvalue weighted by Crippen LogP contribution is 2.44. The smallest absolute Gasteiger partial charge is 0.317 e. The SMILES string of the molecule is CNC[C@H](C)NC(=O)N1CCCCC1.CNC[C@H](C)NC(=O)N1CCC[C@@H]([C@@](O)(CCCCOC)c2cc(F)ccc2Oc2ccccc2)C1. The van der Waals surface area contributed by atoms with Gasteiger partial charge in [-0.2, -0.15) is 0 Å². The second kappa shape index (κ2) is 21.7. The Morgan fingerprint density at radius 1 is 0.900 bits per heavy atom. The van der Waals surface area contributed by atoms with Crippen LogP contribution in [0.2, 0.25) is 0 Å². The quantitative estimate of drug-likeness (QED) is 0.157. The average molecular weight is 701 g/mol. The van der Waals surface area contributed by atoms with E-state index in [9.17, 15) is 19.1 Å². The van der Waals surface area contributed by atoms with Crippen LogP contribution in [0.25, 0.3) is 0 Å². The van der Waals surface area contributed by atoms with Crippen molar-refractivity contribution in [3.63, 3.8) is 0 Å². The van der Waals surface area contributed by atoms with Crippen molar-refractivity contribution >= 4 is 12.1 Å². The van der Waals surface area contributed by atoms with E-state index in [1.165, 1.54) is 18.6 Å². The van der Waals surface area contributed by atoms with Crippen molar-refractivity contribution in [3.8, 4) is 11.5 Å². The molecular formula is C38H61FN6O5. The molecule has 12 heteroatoms. The van der Waals surface area contributed by atoms with Gasteiger partial charge in [0.25, 0.3) is 0 Å². The predicted molar refractivity (Wildman–Crippen MR) is 196 cm³/mol. The number of para-hydroxylation sites is 1. The number of methoxy groups -OCH3 is 1. The predicted octanol–water partition coefficient (Wildman–Crippen LogP) is 5.44. The number of ether oxygens (including phenoxy) is 2. The van der Waals surface area contributed by atoms with Gasteiger partial charge in [-0.25, -0.2) is 14.0 Å². The third-order valence-electron chi connectivity index (χ3n) is 9.32. The van der Waals surface area contributed by atoms with Crippen molar-refractivity contribution in [3.05, 3.63) is 59.9 Å². The molecule has 0 aliphatic carbocycles. The van der Waals surface area contributed by atoms with Gasteiger partial charge in [0, 0.05) is 76.6 Å². The number of carbonyl (C=O) groups is 2. The van der Waals surface area contributed by atoms with Crippen LogP contribution in [0.3, 0.4) is 0 Å². The van der Waals surface area contributed by atoms with Crippen LogP contribution in [0, 0.1) is 11.7 Å². The largest absolute Gasteiger partial charge is 0.457 e. The highest BCUT2D eigenvalue weighted by atomic mass is 19.1. The molecule has 50 heavy (non-hydrogen) atoms.